The Morgan fingerprint density at radius 3 is 2.87 bits per heavy atom. The van der Waals surface area contributed by atoms with Crippen LogP contribution in [0.1, 0.15) is 36.8 Å². The molecule has 3 aromatic rings. The lowest BCUT2D eigenvalue weighted by molar-refractivity contribution is 0.398. The predicted octanol–water partition coefficient (Wildman–Crippen LogP) is 3.22. The molecule has 4 rings (SSSR count). The zero-order valence-electron chi connectivity index (χ0n) is 13.1. The van der Waals surface area contributed by atoms with E-state index in [2.05, 4.69) is 20.8 Å². The maximum atomic E-state index is 4.79. The Hall–Kier alpha value is -2.47. The van der Waals surface area contributed by atoms with Gasteiger partial charge >= 0.3 is 0 Å². The highest BCUT2D eigenvalue weighted by molar-refractivity contribution is 5.90. The zero-order valence-corrected chi connectivity index (χ0v) is 13.1. The first-order chi connectivity index (χ1) is 11.3. The van der Waals surface area contributed by atoms with E-state index in [9.17, 15) is 0 Å². The summed E-state index contributed by atoms with van der Waals surface area (Å²) in [6.45, 7) is 3.01. The molecule has 0 bridgehead atoms. The Labute approximate surface area is 134 Å². The van der Waals surface area contributed by atoms with E-state index in [-0.39, 0.29) is 6.04 Å². The van der Waals surface area contributed by atoms with Crippen LogP contribution in [0.2, 0.25) is 0 Å². The second kappa shape index (κ2) is 5.96. The number of hydrogen-bond acceptors (Lipinski definition) is 5. The molecule has 0 aliphatic carbocycles. The minimum Gasteiger partial charge on any atom is -0.323 e. The van der Waals surface area contributed by atoms with Crippen molar-refractivity contribution in [3.8, 4) is 0 Å². The topological polar surface area (TPSA) is 78.5 Å². The van der Waals surface area contributed by atoms with Gasteiger partial charge in [-0.15, -0.1) is 0 Å². The fraction of sp³-hybridized carbons (Fsp3) is 0.353. The molecule has 1 atom stereocenters. The molecule has 1 fully saturated rings. The van der Waals surface area contributed by atoms with E-state index in [1.807, 2.05) is 37.3 Å². The zero-order chi connectivity index (χ0) is 15.6. The van der Waals surface area contributed by atoms with Crippen LogP contribution in [0.3, 0.4) is 0 Å². The summed E-state index contributed by atoms with van der Waals surface area (Å²) in [5.41, 5.74) is 1.97. The van der Waals surface area contributed by atoms with E-state index in [1.54, 1.807) is 0 Å². The number of hydrogen-bond donors (Lipinski definition) is 3. The normalized spacial score (nSPS) is 18.2. The predicted molar refractivity (Wildman–Crippen MR) is 90.7 cm³/mol. The third kappa shape index (κ3) is 2.90. The fourth-order valence-corrected chi connectivity index (χ4v) is 3.02. The summed E-state index contributed by atoms with van der Waals surface area (Å²) in [6.07, 6.45) is 3.52. The summed E-state index contributed by atoms with van der Waals surface area (Å²) >= 11 is 0. The number of nitrogens with zero attached hydrogens (tertiary/aromatic N) is 3. The Morgan fingerprint density at radius 1 is 1.17 bits per heavy atom. The van der Waals surface area contributed by atoms with E-state index >= 15 is 0 Å². The summed E-state index contributed by atoms with van der Waals surface area (Å²) < 4.78 is 0. The number of aromatic amines is 1. The quantitative estimate of drug-likeness (QED) is 0.692. The molecule has 1 aliphatic rings. The van der Waals surface area contributed by atoms with Crippen LogP contribution in [0.15, 0.2) is 30.3 Å². The molecule has 23 heavy (non-hydrogen) atoms. The average molecular weight is 308 g/mol. The smallest absolute Gasteiger partial charge is 0.153 e. The van der Waals surface area contributed by atoms with E-state index in [0.717, 1.165) is 47.0 Å². The standard InChI is InChI=1S/C17H20N6/c1-11-10-15(23-22-11)20-16-12-6-2-3-7-13(12)19-17(21-16)14-8-4-5-9-18-14/h2-3,6-7,10,14,18H,4-5,8-9H2,1H3,(H2,19,20,21,22,23). The Kier molecular flexibility index (Phi) is 3.67. The third-order valence-electron chi connectivity index (χ3n) is 4.19. The lowest BCUT2D eigenvalue weighted by atomic mass is 10.0. The number of fused-ring (bicyclic) bond motifs is 1. The van der Waals surface area contributed by atoms with Crippen molar-refractivity contribution < 1.29 is 0 Å². The molecule has 0 radical (unpaired) electrons. The Morgan fingerprint density at radius 2 is 2.09 bits per heavy atom. The van der Waals surface area contributed by atoms with E-state index in [1.165, 1.54) is 12.8 Å². The molecule has 2 aromatic heterocycles. The van der Waals surface area contributed by atoms with Crippen LogP contribution in [0.5, 0.6) is 0 Å². The highest BCUT2D eigenvalue weighted by Crippen LogP contribution is 2.27. The van der Waals surface area contributed by atoms with Gasteiger partial charge in [0.1, 0.15) is 11.6 Å². The summed E-state index contributed by atoms with van der Waals surface area (Å²) in [5.74, 6) is 2.44. The molecule has 1 saturated heterocycles. The van der Waals surface area contributed by atoms with E-state index < -0.39 is 0 Å². The lowest BCUT2D eigenvalue weighted by Gasteiger charge is -2.23. The Bertz CT molecular complexity index is 819. The minimum absolute atomic E-state index is 0.231. The van der Waals surface area contributed by atoms with Crippen molar-refractivity contribution in [1.82, 2.24) is 25.5 Å². The summed E-state index contributed by atoms with van der Waals surface area (Å²) in [5, 5.41) is 15.0. The van der Waals surface area contributed by atoms with Crippen LogP contribution in [0, 0.1) is 6.92 Å². The van der Waals surface area contributed by atoms with Gasteiger partial charge in [-0.05, 0) is 38.4 Å². The van der Waals surface area contributed by atoms with Crippen molar-refractivity contribution >= 4 is 22.5 Å². The van der Waals surface area contributed by atoms with Crippen molar-refractivity contribution in [2.75, 3.05) is 11.9 Å². The van der Waals surface area contributed by atoms with Gasteiger partial charge < -0.3 is 10.6 Å². The first-order valence-electron chi connectivity index (χ1n) is 8.09. The van der Waals surface area contributed by atoms with Gasteiger partial charge in [-0.25, -0.2) is 9.97 Å². The number of para-hydroxylation sites is 1. The summed E-state index contributed by atoms with van der Waals surface area (Å²) in [7, 11) is 0. The van der Waals surface area contributed by atoms with Crippen LogP contribution < -0.4 is 10.6 Å². The van der Waals surface area contributed by atoms with Crippen molar-refractivity contribution in [3.63, 3.8) is 0 Å². The number of benzene rings is 1. The molecule has 0 amide bonds. The van der Waals surface area contributed by atoms with Gasteiger partial charge in [0, 0.05) is 17.1 Å². The Balaban J connectivity index is 1.76. The van der Waals surface area contributed by atoms with Gasteiger partial charge in [-0.2, -0.15) is 5.10 Å². The molecule has 0 saturated carbocycles. The van der Waals surface area contributed by atoms with Crippen LogP contribution in [0.4, 0.5) is 11.6 Å². The fourth-order valence-electron chi connectivity index (χ4n) is 3.02. The number of nitrogens with one attached hydrogen (secondary N) is 3. The molecule has 6 nitrogen and oxygen atoms in total. The lowest BCUT2D eigenvalue weighted by Crippen LogP contribution is -2.28. The maximum absolute atomic E-state index is 4.79. The number of H-pyrrole nitrogens is 1. The molecule has 0 spiro atoms. The van der Waals surface area contributed by atoms with Crippen molar-refractivity contribution in [2.45, 2.75) is 32.2 Å². The number of aryl methyl sites for hydroxylation is 1. The molecule has 1 unspecified atom stereocenters. The largest absolute Gasteiger partial charge is 0.323 e. The highest BCUT2D eigenvalue weighted by Gasteiger charge is 2.19. The molecule has 6 heteroatoms. The van der Waals surface area contributed by atoms with Crippen molar-refractivity contribution in [3.05, 3.63) is 41.9 Å². The van der Waals surface area contributed by atoms with Gasteiger partial charge in [0.15, 0.2) is 5.82 Å². The number of anilines is 2. The molecule has 1 aliphatic heterocycles. The first kappa shape index (κ1) is 14.1. The second-order valence-electron chi connectivity index (χ2n) is 6.01. The van der Waals surface area contributed by atoms with Crippen molar-refractivity contribution in [1.29, 1.82) is 0 Å². The third-order valence-corrected chi connectivity index (χ3v) is 4.19. The molecule has 3 heterocycles. The van der Waals surface area contributed by atoms with Crippen LogP contribution in [0.25, 0.3) is 10.9 Å². The van der Waals surface area contributed by atoms with Gasteiger partial charge in [-0.3, -0.25) is 5.10 Å². The monoisotopic (exact) mass is 308 g/mol. The minimum atomic E-state index is 0.231. The molecule has 118 valence electrons. The van der Waals surface area contributed by atoms with E-state index in [0.29, 0.717) is 0 Å². The first-order valence-corrected chi connectivity index (χ1v) is 8.09. The maximum Gasteiger partial charge on any atom is 0.153 e. The summed E-state index contributed by atoms with van der Waals surface area (Å²) in [6, 6.07) is 10.3. The molecular formula is C17H20N6. The van der Waals surface area contributed by atoms with Gasteiger partial charge in [0.2, 0.25) is 0 Å². The number of aromatic nitrogens is 4. The van der Waals surface area contributed by atoms with Gasteiger partial charge in [-0.1, -0.05) is 18.6 Å². The van der Waals surface area contributed by atoms with Crippen LogP contribution in [-0.2, 0) is 0 Å². The van der Waals surface area contributed by atoms with Crippen molar-refractivity contribution in [2.24, 2.45) is 0 Å². The number of rotatable bonds is 3. The SMILES string of the molecule is Cc1cc(Nc2nc(C3CCCCN3)nc3ccccc23)n[nH]1. The number of piperidine rings is 1. The average Bonchev–Trinajstić information content (AvgIpc) is 3.00. The van der Waals surface area contributed by atoms with Crippen LogP contribution >= 0.6 is 0 Å². The molecule has 1 aromatic carbocycles. The highest BCUT2D eigenvalue weighted by atomic mass is 15.2. The van der Waals surface area contributed by atoms with Gasteiger partial charge in [0.05, 0.1) is 11.6 Å². The van der Waals surface area contributed by atoms with E-state index in [4.69, 9.17) is 9.97 Å². The van der Waals surface area contributed by atoms with Crippen LogP contribution in [-0.4, -0.2) is 26.7 Å². The molecular weight excluding hydrogens is 288 g/mol. The van der Waals surface area contributed by atoms with Gasteiger partial charge in [0.25, 0.3) is 0 Å². The molecule has 3 N–H and O–H groups in total. The second-order valence-corrected chi connectivity index (χ2v) is 6.01. The summed E-state index contributed by atoms with van der Waals surface area (Å²) in [4.78, 5) is 9.56.